The topological polar surface area (TPSA) is 48.5 Å². The third-order valence-electron chi connectivity index (χ3n) is 5.73. The van der Waals surface area contributed by atoms with E-state index in [9.17, 15) is 4.79 Å². The van der Waals surface area contributed by atoms with Gasteiger partial charge in [-0.2, -0.15) is 0 Å². The van der Waals surface area contributed by atoms with E-state index in [-0.39, 0.29) is 5.91 Å². The van der Waals surface area contributed by atoms with Gasteiger partial charge in [-0.15, -0.1) is 0 Å². The van der Waals surface area contributed by atoms with Gasteiger partial charge in [0, 0.05) is 38.1 Å². The van der Waals surface area contributed by atoms with E-state index >= 15 is 0 Å². The van der Waals surface area contributed by atoms with Crippen LogP contribution in [0.4, 0.5) is 5.69 Å². The van der Waals surface area contributed by atoms with Gasteiger partial charge >= 0.3 is 0 Å². The Morgan fingerprint density at radius 3 is 3.13 bits per heavy atom. The van der Waals surface area contributed by atoms with Crippen molar-refractivity contribution in [2.75, 3.05) is 38.0 Å². The second-order valence-corrected chi connectivity index (χ2v) is 7.31. The minimum Gasteiger partial charge on any atom is -0.375 e. The van der Waals surface area contributed by atoms with Crippen molar-refractivity contribution in [1.29, 1.82) is 0 Å². The predicted octanol–water partition coefficient (Wildman–Crippen LogP) is 1.83. The predicted molar refractivity (Wildman–Crippen MR) is 90.1 cm³/mol. The highest BCUT2D eigenvalue weighted by atomic mass is 16.2. The first kappa shape index (κ1) is 14.9. The van der Waals surface area contributed by atoms with Crippen molar-refractivity contribution in [3.05, 3.63) is 24.5 Å². The molecule has 0 unspecified atom stereocenters. The molecule has 5 heteroatoms. The molecule has 3 fully saturated rings. The number of carbonyl (C=O) groups excluding carboxylic acids is 1. The van der Waals surface area contributed by atoms with Crippen molar-refractivity contribution in [1.82, 2.24) is 14.8 Å². The molecule has 5 nitrogen and oxygen atoms in total. The number of aromatic nitrogens is 1. The maximum absolute atomic E-state index is 12.6. The lowest BCUT2D eigenvalue weighted by Gasteiger charge is -2.52. The summed E-state index contributed by atoms with van der Waals surface area (Å²) in [7, 11) is 0. The third kappa shape index (κ3) is 3.20. The average Bonchev–Trinajstić information content (AvgIpc) is 2.60. The molecule has 0 spiro atoms. The summed E-state index contributed by atoms with van der Waals surface area (Å²) in [6, 6.07) is 4.56. The number of nitrogens with zero attached hydrogens (tertiary/aromatic N) is 3. The first-order valence-electron chi connectivity index (χ1n) is 8.95. The number of pyridine rings is 1. The number of amides is 1. The fraction of sp³-hybridized carbons (Fsp3) is 0.667. The lowest BCUT2D eigenvalue weighted by atomic mass is 9.76. The van der Waals surface area contributed by atoms with Crippen molar-refractivity contribution in [3.63, 3.8) is 0 Å². The van der Waals surface area contributed by atoms with Crippen LogP contribution in [0, 0.1) is 11.8 Å². The molecule has 1 aromatic rings. The zero-order chi connectivity index (χ0) is 15.6. The molecule has 0 radical (unpaired) electrons. The van der Waals surface area contributed by atoms with Crippen LogP contribution in [0.25, 0.3) is 0 Å². The van der Waals surface area contributed by atoms with Gasteiger partial charge in [0.2, 0.25) is 5.91 Å². The Morgan fingerprint density at radius 2 is 2.26 bits per heavy atom. The zero-order valence-electron chi connectivity index (χ0n) is 13.7. The van der Waals surface area contributed by atoms with Gasteiger partial charge in [-0.1, -0.05) is 6.42 Å². The SMILES string of the molecule is O=C(CNc1cccnc1)N1C[C@@H]2C[C@H](C1)[C@@H]1CCCCN1C2. The second-order valence-electron chi connectivity index (χ2n) is 7.31. The molecule has 0 saturated carbocycles. The van der Waals surface area contributed by atoms with Crippen LogP contribution in [0.1, 0.15) is 25.7 Å². The monoisotopic (exact) mass is 314 g/mol. The molecule has 4 rings (SSSR count). The minimum atomic E-state index is 0.229. The second kappa shape index (κ2) is 6.48. The number of carbonyl (C=O) groups is 1. The molecule has 23 heavy (non-hydrogen) atoms. The summed E-state index contributed by atoms with van der Waals surface area (Å²) in [5, 5.41) is 3.20. The molecule has 1 aromatic heterocycles. The summed E-state index contributed by atoms with van der Waals surface area (Å²) in [6.45, 7) is 4.73. The van der Waals surface area contributed by atoms with Crippen molar-refractivity contribution in [2.45, 2.75) is 31.7 Å². The maximum atomic E-state index is 12.6. The van der Waals surface area contributed by atoms with Crippen molar-refractivity contribution in [2.24, 2.45) is 11.8 Å². The molecule has 2 bridgehead atoms. The lowest BCUT2D eigenvalue weighted by Crippen LogP contribution is -2.60. The molecule has 3 saturated heterocycles. The smallest absolute Gasteiger partial charge is 0.241 e. The third-order valence-corrected chi connectivity index (χ3v) is 5.73. The van der Waals surface area contributed by atoms with Gasteiger partial charge < -0.3 is 10.2 Å². The van der Waals surface area contributed by atoms with Crippen molar-refractivity contribution < 1.29 is 4.79 Å². The highest BCUT2D eigenvalue weighted by Crippen LogP contribution is 2.37. The summed E-state index contributed by atoms with van der Waals surface area (Å²) < 4.78 is 0. The van der Waals surface area contributed by atoms with E-state index in [1.807, 2.05) is 12.1 Å². The first-order chi connectivity index (χ1) is 11.3. The van der Waals surface area contributed by atoms with Gasteiger partial charge in [-0.05, 0) is 49.8 Å². The van der Waals surface area contributed by atoms with Crippen LogP contribution >= 0.6 is 0 Å². The van der Waals surface area contributed by atoms with Crippen LogP contribution in [0.2, 0.25) is 0 Å². The molecule has 0 aromatic carbocycles. The largest absolute Gasteiger partial charge is 0.375 e. The van der Waals surface area contributed by atoms with E-state index in [1.54, 1.807) is 12.4 Å². The zero-order valence-corrected chi connectivity index (χ0v) is 13.7. The molecule has 1 amide bonds. The quantitative estimate of drug-likeness (QED) is 0.925. The van der Waals surface area contributed by atoms with E-state index in [4.69, 9.17) is 0 Å². The molecular weight excluding hydrogens is 288 g/mol. The van der Waals surface area contributed by atoms with Crippen LogP contribution in [-0.4, -0.2) is 59.5 Å². The lowest BCUT2D eigenvalue weighted by molar-refractivity contribution is -0.135. The van der Waals surface area contributed by atoms with Crippen molar-refractivity contribution in [3.8, 4) is 0 Å². The number of nitrogens with one attached hydrogen (secondary N) is 1. The first-order valence-corrected chi connectivity index (χ1v) is 8.95. The molecule has 4 heterocycles. The van der Waals surface area contributed by atoms with E-state index in [0.717, 1.165) is 24.8 Å². The van der Waals surface area contributed by atoms with Gasteiger partial charge in [0.1, 0.15) is 0 Å². The Labute approximate surface area is 138 Å². The molecule has 0 aliphatic carbocycles. The fourth-order valence-electron chi connectivity index (χ4n) is 4.73. The summed E-state index contributed by atoms with van der Waals surface area (Å²) in [5.41, 5.74) is 0.913. The Kier molecular flexibility index (Phi) is 4.21. The summed E-state index contributed by atoms with van der Waals surface area (Å²) in [6.07, 6.45) is 8.87. The Hall–Kier alpha value is -1.62. The number of fused-ring (bicyclic) bond motifs is 4. The molecule has 124 valence electrons. The Balaban J connectivity index is 1.36. The standard InChI is InChI=1S/C18H26N4O/c23-18(10-20-16-4-3-6-19-9-16)22-12-14-8-15(13-22)17-5-1-2-7-21(17)11-14/h3-4,6,9,14-15,17,20H,1-2,5,7-8,10-13H2/t14-,15-,17+/m1/s1. The highest BCUT2D eigenvalue weighted by molar-refractivity contribution is 5.81. The number of hydrogen-bond donors (Lipinski definition) is 1. The molecular formula is C18H26N4O. The fourth-order valence-corrected chi connectivity index (χ4v) is 4.73. The summed E-state index contributed by atoms with van der Waals surface area (Å²) in [5.74, 6) is 1.59. The number of likely N-dealkylation sites (tertiary alicyclic amines) is 1. The Morgan fingerprint density at radius 1 is 1.30 bits per heavy atom. The summed E-state index contributed by atoms with van der Waals surface area (Å²) in [4.78, 5) is 21.5. The van der Waals surface area contributed by atoms with Crippen LogP contribution in [0.3, 0.4) is 0 Å². The van der Waals surface area contributed by atoms with Crippen LogP contribution in [-0.2, 0) is 4.79 Å². The minimum absolute atomic E-state index is 0.229. The normalized spacial score (nSPS) is 30.6. The average molecular weight is 314 g/mol. The van der Waals surface area contributed by atoms with E-state index < -0.39 is 0 Å². The van der Waals surface area contributed by atoms with Crippen LogP contribution in [0.5, 0.6) is 0 Å². The van der Waals surface area contributed by atoms with Crippen LogP contribution < -0.4 is 5.32 Å². The summed E-state index contributed by atoms with van der Waals surface area (Å²) >= 11 is 0. The highest BCUT2D eigenvalue weighted by Gasteiger charge is 2.42. The van der Waals surface area contributed by atoms with Gasteiger partial charge in [0.25, 0.3) is 0 Å². The number of rotatable bonds is 3. The van der Waals surface area contributed by atoms with Gasteiger partial charge in [0.15, 0.2) is 0 Å². The van der Waals surface area contributed by atoms with E-state index in [1.165, 1.54) is 38.8 Å². The molecule has 3 atom stereocenters. The number of hydrogen-bond acceptors (Lipinski definition) is 4. The van der Waals surface area contributed by atoms with Gasteiger partial charge in [0.05, 0.1) is 12.2 Å². The maximum Gasteiger partial charge on any atom is 0.241 e. The van der Waals surface area contributed by atoms with E-state index in [2.05, 4.69) is 20.1 Å². The number of piperidine rings is 3. The van der Waals surface area contributed by atoms with E-state index in [0.29, 0.717) is 18.4 Å². The molecule has 3 aliphatic heterocycles. The van der Waals surface area contributed by atoms with Crippen molar-refractivity contribution >= 4 is 11.6 Å². The molecule has 3 aliphatic rings. The Bertz CT molecular complexity index is 549. The van der Waals surface area contributed by atoms with Gasteiger partial charge in [-0.25, -0.2) is 0 Å². The van der Waals surface area contributed by atoms with Gasteiger partial charge in [-0.3, -0.25) is 14.7 Å². The molecule has 1 N–H and O–H groups in total. The number of anilines is 1. The van der Waals surface area contributed by atoms with Crippen LogP contribution in [0.15, 0.2) is 24.5 Å².